The summed E-state index contributed by atoms with van der Waals surface area (Å²) in [4.78, 5) is 16.4. The maximum Gasteiger partial charge on any atom is 0.251 e. The third-order valence-electron chi connectivity index (χ3n) is 3.53. The highest BCUT2D eigenvalue weighted by molar-refractivity contribution is 5.95. The van der Waals surface area contributed by atoms with E-state index in [2.05, 4.69) is 10.3 Å². The summed E-state index contributed by atoms with van der Waals surface area (Å²) in [6, 6.07) is 17.6. The second kappa shape index (κ2) is 6.92. The second-order valence-corrected chi connectivity index (χ2v) is 5.32. The summed E-state index contributed by atoms with van der Waals surface area (Å²) in [6.07, 6.45) is 2.26. The molecule has 1 amide bonds. The van der Waals surface area contributed by atoms with Crippen molar-refractivity contribution < 1.29 is 9.21 Å². The minimum atomic E-state index is -0.0916. The molecule has 0 radical (unpaired) electrons. The minimum absolute atomic E-state index is 0.0916. The molecule has 0 saturated heterocycles. The predicted octanol–water partition coefficient (Wildman–Crippen LogP) is 3.62. The van der Waals surface area contributed by atoms with Crippen LogP contribution in [0.25, 0.3) is 11.1 Å². The largest absolute Gasteiger partial charge is 0.446 e. The summed E-state index contributed by atoms with van der Waals surface area (Å²) in [7, 11) is 0. The van der Waals surface area contributed by atoms with Gasteiger partial charge in [-0.15, -0.1) is 0 Å². The lowest BCUT2D eigenvalue weighted by molar-refractivity contribution is 0.0953. The zero-order valence-electron chi connectivity index (χ0n) is 13.0. The van der Waals surface area contributed by atoms with Crippen LogP contribution in [0.4, 0.5) is 0 Å². The first-order valence-corrected chi connectivity index (χ1v) is 7.57. The normalized spacial score (nSPS) is 10.5. The fourth-order valence-corrected chi connectivity index (χ4v) is 2.37. The lowest BCUT2D eigenvalue weighted by atomic mass is 10.0. The molecule has 0 atom stereocenters. The second-order valence-electron chi connectivity index (χ2n) is 5.32. The molecule has 0 bridgehead atoms. The van der Waals surface area contributed by atoms with Crippen molar-refractivity contribution in [2.24, 2.45) is 0 Å². The zero-order valence-corrected chi connectivity index (χ0v) is 13.0. The molecule has 4 heteroatoms. The van der Waals surface area contributed by atoms with Gasteiger partial charge in [-0.2, -0.15) is 0 Å². The lowest BCUT2D eigenvalue weighted by Crippen LogP contribution is -2.25. The number of rotatable bonds is 5. The highest BCUT2D eigenvalue weighted by Gasteiger charge is 2.08. The third kappa shape index (κ3) is 3.86. The van der Waals surface area contributed by atoms with Gasteiger partial charge in [-0.25, -0.2) is 4.98 Å². The van der Waals surface area contributed by atoms with Crippen LogP contribution in [0.2, 0.25) is 0 Å². The first kappa shape index (κ1) is 15.0. The molecule has 1 N–H and O–H groups in total. The van der Waals surface area contributed by atoms with E-state index in [1.165, 1.54) is 0 Å². The van der Waals surface area contributed by atoms with Crippen molar-refractivity contribution in [3.05, 3.63) is 78.0 Å². The Morgan fingerprint density at radius 3 is 2.61 bits per heavy atom. The Morgan fingerprint density at radius 2 is 1.87 bits per heavy atom. The Hall–Kier alpha value is -2.88. The molecular formula is C19H18N2O2. The zero-order chi connectivity index (χ0) is 16.1. The number of oxazole rings is 1. The van der Waals surface area contributed by atoms with Gasteiger partial charge in [0.05, 0.1) is 6.20 Å². The predicted molar refractivity (Wildman–Crippen MR) is 89.2 cm³/mol. The molecule has 1 aromatic heterocycles. The summed E-state index contributed by atoms with van der Waals surface area (Å²) in [5.74, 6) is 1.33. The number of amides is 1. The van der Waals surface area contributed by atoms with E-state index in [0.717, 1.165) is 16.9 Å². The monoisotopic (exact) mass is 306 g/mol. The van der Waals surface area contributed by atoms with E-state index < -0.39 is 0 Å². The van der Waals surface area contributed by atoms with Crippen LogP contribution in [0.1, 0.15) is 22.0 Å². The average molecular weight is 306 g/mol. The molecule has 0 aliphatic rings. The van der Waals surface area contributed by atoms with Crippen LogP contribution >= 0.6 is 0 Å². The van der Waals surface area contributed by atoms with E-state index in [1.807, 2.05) is 61.5 Å². The van der Waals surface area contributed by atoms with Crippen molar-refractivity contribution in [3.8, 4) is 11.1 Å². The number of carbonyl (C=O) groups excluding carboxylic acids is 1. The summed E-state index contributed by atoms with van der Waals surface area (Å²) < 4.78 is 5.39. The third-order valence-corrected chi connectivity index (χ3v) is 3.53. The van der Waals surface area contributed by atoms with Gasteiger partial charge in [0.2, 0.25) is 0 Å². The molecule has 1 heterocycles. The lowest BCUT2D eigenvalue weighted by Gasteiger charge is -2.06. The summed E-state index contributed by atoms with van der Waals surface area (Å²) >= 11 is 0. The Morgan fingerprint density at radius 1 is 1.09 bits per heavy atom. The minimum Gasteiger partial charge on any atom is -0.446 e. The Labute approximate surface area is 135 Å². The first-order valence-electron chi connectivity index (χ1n) is 7.57. The summed E-state index contributed by atoms with van der Waals surface area (Å²) in [5.41, 5.74) is 2.77. The number of hydrogen-bond acceptors (Lipinski definition) is 3. The maximum atomic E-state index is 12.3. The molecule has 3 rings (SSSR count). The quantitative estimate of drug-likeness (QED) is 0.783. The van der Waals surface area contributed by atoms with Crippen LogP contribution < -0.4 is 5.32 Å². The van der Waals surface area contributed by atoms with Crippen LogP contribution in [0.3, 0.4) is 0 Å². The van der Waals surface area contributed by atoms with E-state index >= 15 is 0 Å². The van der Waals surface area contributed by atoms with Crippen molar-refractivity contribution >= 4 is 5.91 Å². The van der Waals surface area contributed by atoms with E-state index in [4.69, 9.17) is 4.42 Å². The van der Waals surface area contributed by atoms with E-state index in [9.17, 15) is 4.79 Å². The highest BCUT2D eigenvalue weighted by atomic mass is 16.4. The molecule has 0 aliphatic carbocycles. The van der Waals surface area contributed by atoms with Crippen LogP contribution in [-0.4, -0.2) is 17.4 Å². The Kier molecular flexibility index (Phi) is 4.52. The molecule has 2 aromatic carbocycles. The van der Waals surface area contributed by atoms with E-state index in [-0.39, 0.29) is 5.91 Å². The summed E-state index contributed by atoms with van der Waals surface area (Å²) in [5, 5.41) is 2.90. The van der Waals surface area contributed by atoms with Gasteiger partial charge in [-0.3, -0.25) is 4.79 Å². The highest BCUT2D eigenvalue weighted by Crippen LogP contribution is 2.19. The molecule has 0 unspecified atom stereocenters. The molecule has 0 spiro atoms. The fraction of sp³-hybridized carbons (Fsp3) is 0.158. The van der Waals surface area contributed by atoms with Crippen molar-refractivity contribution in [3.63, 3.8) is 0 Å². The van der Waals surface area contributed by atoms with Gasteiger partial charge >= 0.3 is 0 Å². The van der Waals surface area contributed by atoms with Crippen LogP contribution in [0.15, 0.2) is 65.2 Å². The number of nitrogens with one attached hydrogen (secondary N) is 1. The number of hydrogen-bond donors (Lipinski definition) is 1. The maximum absolute atomic E-state index is 12.3. The molecule has 0 saturated carbocycles. The Balaban J connectivity index is 1.63. The van der Waals surface area contributed by atoms with Gasteiger partial charge in [0.15, 0.2) is 5.89 Å². The van der Waals surface area contributed by atoms with E-state index in [1.54, 1.807) is 6.20 Å². The van der Waals surface area contributed by atoms with Gasteiger partial charge in [0, 0.05) is 18.5 Å². The van der Waals surface area contributed by atoms with Gasteiger partial charge in [0.25, 0.3) is 5.91 Å². The van der Waals surface area contributed by atoms with Crippen LogP contribution in [-0.2, 0) is 6.42 Å². The number of aromatic nitrogens is 1. The van der Waals surface area contributed by atoms with Crippen LogP contribution in [0.5, 0.6) is 0 Å². The standard InChI is InChI=1S/C19H18N2O2/c1-14-13-21-18(23-14)10-11-20-19(22)17-9-5-8-16(12-17)15-6-3-2-4-7-15/h2-9,12-13H,10-11H2,1H3,(H,20,22). The molecular weight excluding hydrogens is 288 g/mol. The number of benzene rings is 2. The van der Waals surface area contributed by atoms with Gasteiger partial charge in [-0.1, -0.05) is 42.5 Å². The fourth-order valence-electron chi connectivity index (χ4n) is 2.37. The molecule has 0 fully saturated rings. The number of aryl methyl sites for hydroxylation is 1. The van der Waals surface area contributed by atoms with Crippen LogP contribution in [0, 0.1) is 6.92 Å². The van der Waals surface area contributed by atoms with Gasteiger partial charge in [-0.05, 0) is 30.2 Å². The Bertz CT molecular complexity index is 794. The van der Waals surface area contributed by atoms with Crippen molar-refractivity contribution in [1.82, 2.24) is 10.3 Å². The van der Waals surface area contributed by atoms with Crippen molar-refractivity contribution in [2.45, 2.75) is 13.3 Å². The number of carbonyl (C=O) groups is 1. The van der Waals surface area contributed by atoms with Gasteiger partial charge < -0.3 is 9.73 Å². The van der Waals surface area contributed by atoms with Crippen molar-refractivity contribution in [2.75, 3.05) is 6.54 Å². The van der Waals surface area contributed by atoms with Crippen molar-refractivity contribution in [1.29, 1.82) is 0 Å². The van der Waals surface area contributed by atoms with E-state index in [0.29, 0.717) is 24.4 Å². The smallest absolute Gasteiger partial charge is 0.251 e. The molecule has 23 heavy (non-hydrogen) atoms. The number of nitrogens with zero attached hydrogens (tertiary/aromatic N) is 1. The molecule has 4 nitrogen and oxygen atoms in total. The SMILES string of the molecule is Cc1cnc(CCNC(=O)c2cccc(-c3ccccc3)c2)o1. The molecule has 116 valence electrons. The average Bonchev–Trinajstić information content (AvgIpc) is 3.01. The van der Waals surface area contributed by atoms with Gasteiger partial charge in [0.1, 0.15) is 5.76 Å². The first-order chi connectivity index (χ1) is 11.2. The molecule has 3 aromatic rings. The topological polar surface area (TPSA) is 55.1 Å². The molecule has 0 aliphatic heterocycles. The summed E-state index contributed by atoms with van der Waals surface area (Å²) in [6.45, 7) is 2.35.